The number of aromatic nitrogens is 2. The Labute approximate surface area is 82.9 Å². The van der Waals surface area contributed by atoms with Crippen LogP contribution in [0.1, 0.15) is 44.4 Å². The van der Waals surface area contributed by atoms with Gasteiger partial charge in [0.25, 0.3) is 0 Å². The van der Waals surface area contributed by atoms with E-state index in [4.69, 9.17) is 5.73 Å². The zero-order valence-corrected chi connectivity index (χ0v) is 8.76. The highest BCUT2D eigenvalue weighted by atomic mass is 19.1. The molecule has 1 aliphatic carbocycles. The molecule has 78 valence electrons. The summed E-state index contributed by atoms with van der Waals surface area (Å²) >= 11 is 0. The van der Waals surface area contributed by atoms with Crippen molar-refractivity contribution in [2.24, 2.45) is 0 Å². The molecule has 3 nitrogen and oxygen atoms in total. The molecule has 0 radical (unpaired) electrons. The maximum Gasteiger partial charge on any atom is 0.148 e. The Morgan fingerprint density at radius 1 is 1.64 bits per heavy atom. The molecule has 1 saturated carbocycles. The predicted octanol–water partition coefficient (Wildman–Crippen LogP) is 2.11. The van der Waals surface area contributed by atoms with Crippen LogP contribution in [0.25, 0.3) is 0 Å². The van der Waals surface area contributed by atoms with Gasteiger partial charge in [-0.1, -0.05) is 20.8 Å². The van der Waals surface area contributed by atoms with E-state index in [-0.39, 0.29) is 11.3 Å². The topological polar surface area (TPSA) is 54.7 Å². The predicted molar refractivity (Wildman–Crippen MR) is 54.0 cm³/mol. The summed E-state index contributed by atoms with van der Waals surface area (Å²) in [4.78, 5) is 0. The van der Waals surface area contributed by atoms with E-state index in [1.165, 1.54) is 0 Å². The lowest BCUT2D eigenvalue weighted by molar-refractivity contribution is 0.427. The summed E-state index contributed by atoms with van der Waals surface area (Å²) in [5.41, 5.74) is 7.24. The Balaban J connectivity index is 2.44. The van der Waals surface area contributed by atoms with Crippen LogP contribution < -0.4 is 5.73 Å². The smallest absolute Gasteiger partial charge is 0.148 e. The third-order valence-corrected chi connectivity index (χ3v) is 3.12. The number of halogens is 1. The number of nitrogens with zero attached hydrogens (tertiary/aromatic N) is 1. The third-order valence-electron chi connectivity index (χ3n) is 3.12. The highest BCUT2D eigenvalue weighted by Crippen LogP contribution is 2.52. The van der Waals surface area contributed by atoms with Crippen molar-refractivity contribution >= 4 is 5.82 Å². The maximum atomic E-state index is 13.2. The Hall–Kier alpha value is -1.06. The van der Waals surface area contributed by atoms with Gasteiger partial charge in [0.2, 0.25) is 0 Å². The zero-order chi connectivity index (χ0) is 10.5. The summed E-state index contributed by atoms with van der Waals surface area (Å²) in [6.07, 6.45) is -0.172. The number of alkyl halides is 1. The van der Waals surface area contributed by atoms with E-state index < -0.39 is 6.17 Å². The molecule has 0 spiro atoms. The minimum absolute atomic E-state index is 0.286. The molecule has 2 rings (SSSR count). The second kappa shape index (κ2) is 2.72. The van der Waals surface area contributed by atoms with Crippen LogP contribution in [0.5, 0.6) is 0 Å². The van der Waals surface area contributed by atoms with E-state index in [1.54, 1.807) is 0 Å². The lowest BCUT2D eigenvalue weighted by Gasteiger charge is -2.12. The Kier molecular flexibility index (Phi) is 1.84. The largest absolute Gasteiger partial charge is 0.382 e. The molecule has 0 saturated heterocycles. The molecular formula is C10H16FN3. The molecule has 0 aromatic carbocycles. The lowest BCUT2D eigenvalue weighted by atomic mass is 9.94. The molecule has 3 N–H and O–H groups in total. The lowest BCUT2D eigenvalue weighted by Crippen LogP contribution is -2.10. The van der Waals surface area contributed by atoms with Gasteiger partial charge in [0.05, 0.1) is 0 Å². The summed E-state index contributed by atoms with van der Waals surface area (Å²) in [6.45, 7) is 6.00. The van der Waals surface area contributed by atoms with Crippen LogP contribution in [0, 0.1) is 0 Å². The highest BCUT2D eigenvalue weighted by molar-refractivity contribution is 5.49. The Morgan fingerprint density at radius 2 is 2.21 bits per heavy atom. The van der Waals surface area contributed by atoms with E-state index in [2.05, 4.69) is 10.2 Å². The summed E-state index contributed by atoms with van der Waals surface area (Å²) in [5, 5.41) is 6.84. The van der Waals surface area contributed by atoms with Gasteiger partial charge in [-0.05, 0) is 12.3 Å². The highest BCUT2D eigenvalue weighted by Gasteiger charge is 2.55. The van der Waals surface area contributed by atoms with E-state index in [0.29, 0.717) is 12.2 Å². The first kappa shape index (κ1) is 9.49. The van der Waals surface area contributed by atoms with Crippen molar-refractivity contribution in [2.75, 3.05) is 5.73 Å². The van der Waals surface area contributed by atoms with E-state index in [1.807, 2.05) is 20.8 Å². The van der Waals surface area contributed by atoms with Crippen molar-refractivity contribution in [1.29, 1.82) is 0 Å². The molecule has 14 heavy (non-hydrogen) atoms. The van der Waals surface area contributed by atoms with E-state index >= 15 is 0 Å². The van der Waals surface area contributed by atoms with Gasteiger partial charge in [0.15, 0.2) is 0 Å². The zero-order valence-electron chi connectivity index (χ0n) is 8.76. The van der Waals surface area contributed by atoms with Crippen molar-refractivity contribution in [3.8, 4) is 0 Å². The number of nitrogen functional groups attached to an aromatic ring is 1. The van der Waals surface area contributed by atoms with Crippen molar-refractivity contribution in [3.05, 3.63) is 11.3 Å². The van der Waals surface area contributed by atoms with Gasteiger partial charge in [-0.2, -0.15) is 5.10 Å². The van der Waals surface area contributed by atoms with Crippen molar-refractivity contribution in [2.45, 2.75) is 44.7 Å². The molecule has 1 aromatic rings. The maximum absolute atomic E-state index is 13.2. The quantitative estimate of drug-likeness (QED) is 0.763. The Bertz CT molecular complexity index is 358. The molecule has 4 heteroatoms. The second-order valence-corrected chi connectivity index (χ2v) is 4.64. The summed E-state index contributed by atoms with van der Waals surface area (Å²) < 4.78 is 13.2. The molecule has 1 aromatic heterocycles. The van der Waals surface area contributed by atoms with Crippen molar-refractivity contribution in [3.63, 3.8) is 0 Å². The number of aromatic amines is 1. The molecule has 0 aliphatic heterocycles. The molecule has 1 aliphatic rings. The molecule has 2 atom stereocenters. The van der Waals surface area contributed by atoms with Crippen LogP contribution in [-0.2, 0) is 5.41 Å². The fraction of sp³-hybridized carbons (Fsp3) is 0.700. The molecule has 1 heterocycles. The number of H-pyrrole nitrogens is 1. The third kappa shape index (κ3) is 1.13. The van der Waals surface area contributed by atoms with Gasteiger partial charge >= 0.3 is 0 Å². The van der Waals surface area contributed by atoms with Crippen molar-refractivity contribution in [1.82, 2.24) is 10.2 Å². The SMILES string of the molecule is CC(C)c1c(N)n[nH]c1C1(C)CC1F. The molecular weight excluding hydrogens is 181 g/mol. The Morgan fingerprint density at radius 3 is 2.64 bits per heavy atom. The monoisotopic (exact) mass is 197 g/mol. The number of nitrogens with two attached hydrogens (primary N) is 1. The van der Waals surface area contributed by atoms with Crippen LogP contribution in [0.3, 0.4) is 0 Å². The number of anilines is 1. The average Bonchev–Trinajstić information content (AvgIpc) is 2.56. The summed E-state index contributed by atoms with van der Waals surface area (Å²) in [5.74, 6) is 0.795. The fourth-order valence-electron chi connectivity index (χ4n) is 1.96. The van der Waals surface area contributed by atoms with E-state index in [0.717, 1.165) is 11.3 Å². The molecule has 2 unspecified atom stereocenters. The first-order valence-corrected chi connectivity index (χ1v) is 4.95. The molecule has 1 fully saturated rings. The second-order valence-electron chi connectivity index (χ2n) is 4.64. The van der Waals surface area contributed by atoms with Gasteiger partial charge in [0, 0.05) is 16.7 Å². The number of hydrogen-bond donors (Lipinski definition) is 2. The van der Waals surface area contributed by atoms with Crippen LogP contribution in [0.4, 0.5) is 10.2 Å². The van der Waals surface area contributed by atoms with Gasteiger partial charge in [-0.25, -0.2) is 4.39 Å². The average molecular weight is 197 g/mol. The standard InChI is InChI=1S/C10H16FN3/c1-5(2)7-8(13-14-9(7)12)10(3)4-6(10)11/h5-6H,4H2,1-3H3,(H3,12,13,14). The van der Waals surface area contributed by atoms with Crippen LogP contribution in [0.2, 0.25) is 0 Å². The van der Waals surface area contributed by atoms with Gasteiger partial charge in [0.1, 0.15) is 12.0 Å². The fourth-order valence-corrected chi connectivity index (χ4v) is 1.96. The van der Waals surface area contributed by atoms with Gasteiger partial charge in [-0.15, -0.1) is 0 Å². The molecule has 0 amide bonds. The van der Waals surface area contributed by atoms with Crippen molar-refractivity contribution < 1.29 is 4.39 Å². The minimum atomic E-state index is -0.750. The summed E-state index contributed by atoms with van der Waals surface area (Å²) in [6, 6.07) is 0. The first-order valence-electron chi connectivity index (χ1n) is 4.95. The summed E-state index contributed by atoms with van der Waals surface area (Å²) in [7, 11) is 0. The number of nitrogens with one attached hydrogen (secondary N) is 1. The van der Waals surface area contributed by atoms with Crippen LogP contribution >= 0.6 is 0 Å². The van der Waals surface area contributed by atoms with Crippen LogP contribution in [-0.4, -0.2) is 16.4 Å². The number of hydrogen-bond acceptors (Lipinski definition) is 2. The minimum Gasteiger partial charge on any atom is -0.382 e. The van der Waals surface area contributed by atoms with Gasteiger partial charge in [-0.3, -0.25) is 5.10 Å². The number of rotatable bonds is 2. The van der Waals surface area contributed by atoms with Gasteiger partial charge < -0.3 is 5.73 Å². The normalized spacial score (nSPS) is 31.1. The van der Waals surface area contributed by atoms with Crippen LogP contribution in [0.15, 0.2) is 0 Å². The van der Waals surface area contributed by atoms with E-state index in [9.17, 15) is 4.39 Å². The molecule has 0 bridgehead atoms. The first-order chi connectivity index (χ1) is 6.47.